The van der Waals surface area contributed by atoms with Gasteiger partial charge in [-0.2, -0.15) is 0 Å². The molecule has 0 aromatic heterocycles. The maximum atomic E-state index is 10.2. The molecule has 0 aliphatic heterocycles. The van der Waals surface area contributed by atoms with Gasteiger partial charge in [0.15, 0.2) is 0 Å². The van der Waals surface area contributed by atoms with E-state index in [9.17, 15) is 10.2 Å². The van der Waals surface area contributed by atoms with Gasteiger partial charge >= 0.3 is 0 Å². The number of nitrogens with one attached hydrogen (secondary N) is 2. The van der Waals surface area contributed by atoms with Crippen molar-refractivity contribution in [1.29, 1.82) is 0 Å². The topological polar surface area (TPSA) is 83.0 Å². The Kier molecular flexibility index (Phi) is 11.4. The molecule has 0 saturated heterocycles. The number of aliphatic hydroxyl groups excluding tert-OH is 2. The Morgan fingerprint density at radius 3 is 1.26 bits per heavy atom. The standard InChI is InChI=1S/C33H38N2O4/c36-30(22-34-20-28-7-3-1-4-8-28)24-38-32-15-11-26(12-16-32)19-27-13-17-33(18-14-27)39-25-31(37)23-35-21-29-9-5-2-6-10-29/h1-18,30-31,34-37H,19-25H2/t30-,31-/m0/s1. The van der Waals surface area contributed by atoms with Crippen molar-refractivity contribution in [2.45, 2.75) is 31.7 Å². The fourth-order valence-corrected chi connectivity index (χ4v) is 4.10. The van der Waals surface area contributed by atoms with Gasteiger partial charge in [0.25, 0.3) is 0 Å². The molecule has 0 spiro atoms. The smallest absolute Gasteiger partial charge is 0.119 e. The second-order valence-electron chi connectivity index (χ2n) is 9.63. The third-order valence-electron chi connectivity index (χ3n) is 6.24. The lowest BCUT2D eigenvalue weighted by Gasteiger charge is -2.14. The Balaban J connectivity index is 1.11. The molecular weight excluding hydrogens is 488 g/mol. The van der Waals surface area contributed by atoms with Crippen molar-refractivity contribution in [1.82, 2.24) is 10.6 Å². The van der Waals surface area contributed by atoms with Gasteiger partial charge in [-0.05, 0) is 52.9 Å². The van der Waals surface area contributed by atoms with Crippen molar-refractivity contribution in [2.75, 3.05) is 26.3 Å². The number of aliphatic hydroxyl groups is 2. The predicted molar refractivity (Wildman–Crippen MR) is 155 cm³/mol. The van der Waals surface area contributed by atoms with E-state index >= 15 is 0 Å². The molecule has 0 unspecified atom stereocenters. The van der Waals surface area contributed by atoms with Crippen molar-refractivity contribution in [2.24, 2.45) is 0 Å². The Morgan fingerprint density at radius 1 is 0.487 bits per heavy atom. The van der Waals surface area contributed by atoms with E-state index in [0.717, 1.165) is 17.9 Å². The van der Waals surface area contributed by atoms with Crippen LogP contribution in [-0.4, -0.2) is 48.7 Å². The van der Waals surface area contributed by atoms with E-state index in [-0.39, 0.29) is 13.2 Å². The van der Waals surface area contributed by atoms with Gasteiger partial charge in [0.05, 0.1) is 0 Å². The van der Waals surface area contributed by atoms with Crippen LogP contribution in [0.25, 0.3) is 0 Å². The Labute approximate surface area is 231 Å². The largest absolute Gasteiger partial charge is 0.491 e. The summed E-state index contributed by atoms with van der Waals surface area (Å²) in [6.07, 6.45) is -0.375. The lowest BCUT2D eigenvalue weighted by atomic mass is 10.0. The maximum Gasteiger partial charge on any atom is 0.119 e. The molecule has 0 saturated carbocycles. The normalized spacial score (nSPS) is 12.6. The van der Waals surface area contributed by atoms with Crippen LogP contribution in [0.5, 0.6) is 11.5 Å². The zero-order valence-corrected chi connectivity index (χ0v) is 22.2. The van der Waals surface area contributed by atoms with E-state index in [1.807, 2.05) is 84.9 Å². The van der Waals surface area contributed by atoms with Gasteiger partial charge in [0.1, 0.15) is 36.9 Å². The van der Waals surface area contributed by atoms with Crippen LogP contribution in [0.1, 0.15) is 22.3 Å². The first-order valence-electron chi connectivity index (χ1n) is 13.4. The van der Waals surface area contributed by atoms with E-state index in [1.54, 1.807) is 0 Å². The monoisotopic (exact) mass is 526 g/mol. The zero-order valence-electron chi connectivity index (χ0n) is 22.2. The summed E-state index contributed by atoms with van der Waals surface area (Å²) in [7, 11) is 0. The highest BCUT2D eigenvalue weighted by Gasteiger charge is 2.07. The first-order valence-corrected chi connectivity index (χ1v) is 13.4. The molecule has 4 N–H and O–H groups in total. The molecule has 0 aliphatic rings. The highest BCUT2D eigenvalue weighted by Crippen LogP contribution is 2.18. The molecule has 204 valence electrons. The predicted octanol–water partition coefficient (Wildman–Crippen LogP) is 4.34. The van der Waals surface area contributed by atoms with Gasteiger partial charge in [-0.25, -0.2) is 0 Å². The Morgan fingerprint density at radius 2 is 0.872 bits per heavy atom. The summed E-state index contributed by atoms with van der Waals surface area (Å²) in [6.45, 7) is 2.84. The summed E-state index contributed by atoms with van der Waals surface area (Å²) in [5, 5.41) is 26.9. The molecule has 4 rings (SSSR count). The number of hydrogen-bond donors (Lipinski definition) is 4. The van der Waals surface area contributed by atoms with Crippen LogP contribution in [0.4, 0.5) is 0 Å². The third kappa shape index (κ3) is 10.5. The van der Waals surface area contributed by atoms with E-state index in [4.69, 9.17) is 9.47 Å². The highest BCUT2D eigenvalue weighted by atomic mass is 16.5. The molecule has 2 atom stereocenters. The molecular formula is C33H38N2O4. The van der Waals surface area contributed by atoms with Crippen molar-refractivity contribution in [3.8, 4) is 11.5 Å². The van der Waals surface area contributed by atoms with Crippen LogP contribution in [0.15, 0.2) is 109 Å². The fourth-order valence-electron chi connectivity index (χ4n) is 4.10. The lowest BCUT2D eigenvalue weighted by Crippen LogP contribution is -2.31. The molecule has 0 fully saturated rings. The summed E-state index contributed by atoms with van der Waals surface area (Å²) in [6, 6.07) is 36.1. The van der Waals surface area contributed by atoms with Gasteiger partial charge in [-0.15, -0.1) is 0 Å². The number of benzene rings is 4. The first kappa shape index (κ1) is 28.3. The van der Waals surface area contributed by atoms with Crippen LogP contribution in [0.2, 0.25) is 0 Å². The second-order valence-corrected chi connectivity index (χ2v) is 9.63. The Bertz CT molecular complexity index is 1110. The van der Waals surface area contributed by atoms with Gasteiger partial charge in [-0.1, -0.05) is 84.9 Å². The summed E-state index contributed by atoms with van der Waals surface area (Å²) in [5.41, 5.74) is 4.71. The molecule has 0 heterocycles. The van der Waals surface area contributed by atoms with Crippen LogP contribution in [0.3, 0.4) is 0 Å². The van der Waals surface area contributed by atoms with Gasteiger partial charge in [0.2, 0.25) is 0 Å². The number of rotatable bonds is 16. The van der Waals surface area contributed by atoms with E-state index < -0.39 is 12.2 Å². The van der Waals surface area contributed by atoms with E-state index in [0.29, 0.717) is 26.2 Å². The average Bonchev–Trinajstić information content (AvgIpc) is 2.97. The molecule has 4 aromatic carbocycles. The third-order valence-corrected chi connectivity index (χ3v) is 6.24. The number of hydrogen-bond acceptors (Lipinski definition) is 6. The minimum atomic E-state index is -0.583. The molecule has 6 nitrogen and oxygen atoms in total. The van der Waals surface area contributed by atoms with Crippen molar-refractivity contribution in [3.63, 3.8) is 0 Å². The molecule has 0 radical (unpaired) electrons. The van der Waals surface area contributed by atoms with Gasteiger partial charge < -0.3 is 30.3 Å². The SMILES string of the molecule is O[C@@H](CNCc1ccccc1)COc1ccc(Cc2ccc(OC[C@@H](O)CNCc3ccccc3)cc2)cc1. The fraction of sp³-hybridized carbons (Fsp3) is 0.273. The van der Waals surface area contributed by atoms with Crippen LogP contribution < -0.4 is 20.1 Å². The molecule has 0 amide bonds. The average molecular weight is 527 g/mol. The van der Waals surface area contributed by atoms with Gasteiger partial charge in [-0.3, -0.25) is 0 Å². The van der Waals surface area contributed by atoms with Crippen LogP contribution in [0, 0.1) is 0 Å². The van der Waals surface area contributed by atoms with Crippen molar-refractivity contribution in [3.05, 3.63) is 131 Å². The van der Waals surface area contributed by atoms with E-state index in [1.165, 1.54) is 22.3 Å². The molecule has 39 heavy (non-hydrogen) atoms. The van der Waals surface area contributed by atoms with Crippen molar-refractivity contribution < 1.29 is 19.7 Å². The highest BCUT2D eigenvalue weighted by molar-refractivity contribution is 5.34. The summed E-state index contributed by atoms with van der Waals surface area (Å²) >= 11 is 0. The van der Waals surface area contributed by atoms with Crippen LogP contribution >= 0.6 is 0 Å². The van der Waals surface area contributed by atoms with Crippen LogP contribution in [-0.2, 0) is 19.5 Å². The molecule has 6 heteroatoms. The molecule has 0 aliphatic carbocycles. The minimum Gasteiger partial charge on any atom is -0.491 e. The first-order chi connectivity index (χ1) is 19.1. The summed E-state index contributed by atoms with van der Waals surface area (Å²) < 4.78 is 11.5. The minimum absolute atomic E-state index is 0.236. The second kappa shape index (κ2) is 15.7. The Hall–Kier alpha value is -3.68. The molecule has 0 bridgehead atoms. The lowest BCUT2D eigenvalue weighted by molar-refractivity contribution is 0.106. The summed E-state index contributed by atoms with van der Waals surface area (Å²) in [4.78, 5) is 0. The van der Waals surface area contributed by atoms with E-state index in [2.05, 4.69) is 34.9 Å². The zero-order chi connectivity index (χ0) is 27.1. The quantitative estimate of drug-likeness (QED) is 0.174. The van der Waals surface area contributed by atoms with Gasteiger partial charge in [0, 0.05) is 26.2 Å². The molecule has 4 aromatic rings. The van der Waals surface area contributed by atoms with Crippen molar-refractivity contribution >= 4 is 0 Å². The maximum absolute atomic E-state index is 10.2. The number of ether oxygens (including phenoxy) is 2. The summed E-state index contributed by atoms with van der Waals surface area (Å²) in [5.74, 6) is 1.47.